The number of hydrogen-bond acceptors (Lipinski definition) is 5. The van der Waals surface area contributed by atoms with Gasteiger partial charge in [-0.15, -0.1) is 5.10 Å². The molecular formula is C14H17N5O. The van der Waals surface area contributed by atoms with Crippen molar-refractivity contribution < 1.29 is 4.74 Å². The second-order valence-electron chi connectivity index (χ2n) is 4.24. The molecule has 0 amide bonds. The van der Waals surface area contributed by atoms with Gasteiger partial charge in [0.2, 0.25) is 0 Å². The van der Waals surface area contributed by atoms with Gasteiger partial charge >= 0.3 is 0 Å². The molecule has 20 heavy (non-hydrogen) atoms. The van der Waals surface area contributed by atoms with Crippen LogP contribution < -0.4 is 16.3 Å². The summed E-state index contributed by atoms with van der Waals surface area (Å²) < 4.78 is 5.67. The Morgan fingerprint density at radius 1 is 1.30 bits per heavy atom. The Hall–Kier alpha value is -2.60. The van der Waals surface area contributed by atoms with Gasteiger partial charge in [0.25, 0.3) is 0 Å². The predicted octanol–water partition coefficient (Wildman–Crippen LogP) is 1.09. The summed E-state index contributed by atoms with van der Waals surface area (Å²) in [5.74, 6) is 6.33. The number of hydrazine groups is 1. The highest BCUT2D eigenvalue weighted by Gasteiger charge is 2.03. The molecule has 2 aromatic rings. The first kappa shape index (κ1) is 13.8. The highest BCUT2D eigenvalue weighted by atomic mass is 16.5. The predicted molar refractivity (Wildman–Crippen MR) is 77.7 cm³/mol. The largest absolute Gasteiger partial charge is 0.487 e. The van der Waals surface area contributed by atoms with Gasteiger partial charge in [0.15, 0.2) is 5.84 Å². The molecule has 1 heterocycles. The average molecular weight is 271 g/mol. The van der Waals surface area contributed by atoms with Gasteiger partial charge in [-0.05, 0) is 11.6 Å². The molecule has 0 saturated carbocycles. The third kappa shape index (κ3) is 3.96. The van der Waals surface area contributed by atoms with E-state index in [-0.39, 0.29) is 5.84 Å². The van der Waals surface area contributed by atoms with Crippen molar-refractivity contribution in [2.24, 2.45) is 16.7 Å². The summed E-state index contributed by atoms with van der Waals surface area (Å²) in [6, 6.07) is 11.7. The molecule has 0 unspecified atom stereocenters. The zero-order chi connectivity index (χ0) is 14.4. The molecular weight excluding hydrogens is 254 g/mol. The Bertz CT molecular complexity index is 583. The quantitative estimate of drug-likeness (QED) is 0.368. The molecule has 1 aromatic heterocycles. The molecule has 1 aromatic carbocycles. The third-order valence-electron chi connectivity index (χ3n) is 2.52. The van der Waals surface area contributed by atoms with Crippen molar-refractivity contribution in [2.45, 2.75) is 6.61 Å². The van der Waals surface area contributed by atoms with Crippen LogP contribution in [0.25, 0.3) is 0 Å². The second kappa shape index (κ2) is 6.53. The summed E-state index contributed by atoms with van der Waals surface area (Å²) in [5, 5.41) is 5.06. The van der Waals surface area contributed by atoms with Gasteiger partial charge in [-0.25, -0.2) is 11.0 Å². The van der Waals surface area contributed by atoms with Crippen molar-refractivity contribution in [3.05, 3.63) is 59.9 Å². The fourth-order valence-corrected chi connectivity index (χ4v) is 1.61. The minimum atomic E-state index is 0.285. The van der Waals surface area contributed by atoms with E-state index < -0.39 is 0 Å². The summed E-state index contributed by atoms with van der Waals surface area (Å²) in [6.07, 6.45) is 3.24. The lowest BCUT2D eigenvalue weighted by atomic mass is 10.2. The lowest BCUT2D eigenvalue weighted by Gasteiger charge is -2.09. The number of hydrazone groups is 1. The Morgan fingerprint density at radius 3 is 2.75 bits per heavy atom. The van der Waals surface area contributed by atoms with Crippen LogP contribution in [0.1, 0.15) is 11.1 Å². The maximum Gasteiger partial charge on any atom is 0.154 e. The van der Waals surface area contributed by atoms with E-state index in [1.807, 2.05) is 30.3 Å². The van der Waals surface area contributed by atoms with Crippen LogP contribution in [0.3, 0.4) is 0 Å². The van der Waals surface area contributed by atoms with Crippen LogP contribution in [-0.4, -0.2) is 23.0 Å². The normalized spacial score (nSPS) is 11.2. The molecule has 104 valence electrons. The van der Waals surface area contributed by atoms with Crippen LogP contribution in [0.2, 0.25) is 0 Å². The van der Waals surface area contributed by atoms with E-state index >= 15 is 0 Å². The SMILES string of the molecule is CN(N)/N=C(\N)c1cncc(OCc2ccccc2)c1. The van der Waals surface area contributed by atoms with Gasteiger partial charge in [0.05, 0.1) is 6.20 Å². The van der Waals surface area contributed by atoms with E-state index in [9.17, 15) is 0 Å². The zero-order valence-electron chi connectivity index (χ0n) is 11.2. The van der Waals surface area contributed by atoms with Gasteiger partial charge in [-0.2, -0.15) is 0 Å². The van der Waals surface area contributed by atoms with Crippen molar-refractivity contribution in [2.75, 3.05) is 7.05 Å². The van der Waals surface area contributed by atoms with E-state index in [1.165, 1.54) is 0 Å². The molecule has 0 bridgehead atoms. The van der Waals surface area contributed by atoms with Crippen molar-refractivity contribution in [3.8, 4) is 5.75 Å². The van der Waals surface area contributed by atoms with E-state index in [0.717, 1.165) is 10.7 Å². The lowest BCUT2D eigenvalue weighted by Crippen LogP contribution is -2.25. The van der Waals surface area contributed by atoms with Crippen LogP contribution in [0.5, 0.6) is 5.75 Å². The number of nitrogens with zero attached hydrogens (tertiary/aromatic N) is 3. The fraction of sp³-hybridized carbons (Fsp3) is 0.143. The number of amidine groups is 1. The molecule has 2 rings (SSSR count). The van der Waals surface area contributed by atoms with Crippen LogP contribution in [0.15, 0.2) is 53.9 Å². The first-order valence-corrected chi connectivity index (χ1v) is 6.10. The maximum absolute atomic E-state index is 5.80. The minimum absolute atomic E-state index is 0.285. The maximum atomic E-state index is 5.80. The molecule has 0 radical (unpaired) electrons. The van der Waals surface area contributed by atoms with Crippen LogP contribution in [-0.2, 0) is 6.61 Å². The molecule has 0 aliphatic carbocycles. The second-order valence-corrected chi connectivity index (χ2v) is 4.24. The number of hydrogen-bond donors (Lipinski definition) is 2. The van der Waals surface area contributed by atoms with Gasteiger partial charge in [-0.3, -0.25) is 4.98 Å². The Morgan fingerprint density at radius 2 is 2.05 bits per heavy atom. The van der Waals surface area contributed by atoms with Gasteiger partial charge < -0.3 is 10.5 Å². The molecule has 6 nitrogen and oxygen atoms in total. The molecule has 0 atom stereocenters. The van der Waals surface area contributed by atoms with Crippen molar-refractivity contribution >= 4 is 5.84 Å². The molecule has 0 spiro atoms. The number of aromatic nitrogens is 1. The van der Waals surface area contributed by atoms with E-state index in [4.69, 9.17) is 16.3 Å². The van der Waals surface area contributed by atoms with E-state index in [2.05, 4.69) is 10.1 Å². The molecule has 0 saturated heterocycles. The summed E-state index contributed by atoms with van der Waals surface area (Å²) in [7, 11) is 1.59. The van der Waals surface area contributed by atoms with Crippen molar-refractivity contribution in [1.82, 2.24) is 10.1 Å². The van der Waals surface area contributed by atoms with Crippen LogP contribution in [0.4, 0.5) is 0 Å². The van der Waals surface area contributed by atoms with Crippen LogP contribution in [0, 0.1) is 0 Å². The molecule has 0 aliphatic heterocycles. The Kier molecular flexibility index (Phi) is 4.52. The summed E-state index contributed by atoms with van der Waals surface area (Å²) in [4.78, 5) is 4.08. The third-order valence-corrected chi connectivity index (χ3v) is 2.52. The van der Waals surface area contributed by atoms with Crippen molar-refractivity contribution in [3.63, 3.8) is 0 Å². The zero-order valence-corrected chi connectivity index (χ0v) is 11.2. The van der Waals surface area contributed by atoms with Gasteiger partial charge in [0.1, 0.15) is 12.4 Å². The molecule has 0 aliphatic rings. The smallest absolute Gasteiger partial charge is 0.154 e. The lowest BCUT2D eigenvalue weighted by molar-refractivity contribution is 0.305. The monoisotopic (exact) mass is 271 g/mol. The van der Waals surface area contributed by atoms with Crippen LogP contribution >= 0.6 is 0 Å². The van der Waals surface area contributed by atoms with Gasteiger partial charge in [-0.1, -0.05) is 30.3 Å². The number of pyridine rings is 1. The highest BCUT2D eigenvalue weighted by Crippen LogP contribution is 2.13. The molecule has 6 heteroatoms. The summed E-state index contributed by atoms with van der Waals surface area (Å²) in [6.45, 7) is 0.472. The fourth-order valence-electron chi connectivity index (χ4n) is 1.61. The Labute approximate surface area is 117 Å². The standard InChI is InChI=1S/C14H17N5O/c1-19(16)18-14(15)12-7-13(9-17-8-12)20-10-11-5-3-2-4-6-11/h2-9H,10,16H2,1H3,(H2,15,18). The molecule has 4 N–H and O–H groups in total. The summed E-state index contributed by atoms with van der Waals surface area (Å²) in [5.41, 5.74) is 7.55. The molecule has 0 fully saturated rings. The van der Waals surface area contributed by atoms with E-state index in [1.54, 1.807) is 25.5 Å². The number of ether oxygens (including phenoxy) is 1. The minimum Gasteiger partial charge on any atom is -0.487 e. The average Bonchev–Trinajstić information content (AvgIpc) is 2.46. The number of nitrogens with two attached hydrogens (primary N) is 2. The topological polar surface area (TPSA) is 89.8 Å². The Balaban J connectivity index is 2.07. The van der Waals surface area contributed by atoms with Gasteiger partial charge in [0, 0.05) is 18.8 Å². The first-order valence-electron chi connectivity index (χ1n) is 6.10. The number of rotatable bonds is 5. The first-order chi connectivity index (χ1) is 9.65. The summed E-state index contributed by atoms with van der Waals surface area (Å²) >= 11 is 0. The number of benzene rings is 1. The van der Waals surface area contributed by atoms with E-state index in [0.29, 0.717) is 17.9 Å². The highest BCUT2D eigenvalue weighted by molar-refractivity contribution is 5.97. The van der Waals surface area contributed by atoms with Crippen molar-refractivity contribution in [1.29, 1.82) is 0 Å².